The molecular formula is C23H27N3O2. The Morgan fingerprint density at radius 3 is 2.68 bits per heavy atom. The van der Waals surface area contributed by atoms with Crippen LogP contribution in [0.3, 0.4) is 0 Å². The van der Waals surface area contributed by atoms with Gasteiger partial charge in [-0.25, -0.2) is 0 Å². The van der Waals surface area contributed by atoms with Crippen LogP contribution in [0.4, 0.5) is 0 Å². The van der Waals surface area contributed by atoms with Crippen molar-refractivity contribution < 1.29 is 9.59 Å². The number of aromatic nitrogens is 1. The van der Waals surface area contributed by atoms with Gasteiger partial charge in [-0.3, -0.25) is 14.6 Å². The number of likely N-dealkylation sites (tertiary alicyclic amines) is 1. The number of benzene rings is 1. The topological polar surface area (TPSA) is 53.5 Å². The fraction of sp³-hybridized carbons (Fsp3) is 0.435. The zero-order valence-corrected chi connectivity index (χ0v) is 16.5. The Bertz CT molecular complexity index is 865. The van der Waals surface area contributed by atoms with Crippen LogP contribution < -0.4 is 0 Å². The molecule has 2 aromatic rings. The van der Waals surface area contributed by atoms with Crippen molar-refractivity contribution in [2.24, 2.45) is 5.92 Å². The molecule has 2 aliphatic heterocycles. The number of carbonyl (C=O) groups excluding carboxylic acids is 2. The SMILES string of the molecule is CC(C)[C@@H](C(=O)N1CCCC[C@@H]1c1cccnc1)N1Cc2ccccc2C1=O. The van der Waals surface area contributed by atoms with Gasteiger partial charge in [-0.2, -0.15) is 0 Å². The number of piperidine rings is 1. The smallest absolute Gasteiger partial charge is 0.255 e. The quantitative estimate of drug-likeness (QED) is 0.814. The Hall–Kier alpha value is -2.69. The van der Waals surface area contributed by atoms with Crippen molar-refractivity contribution in [3.8, 4) is 0 Å². The number of nitrogens with zero attached hydrogens (tertiary/aromatic N) is 3. The fourth-order valence-electron chi connectivity index (χ4n) is 4.56. The number of hydrogen-bond donors (Lipinski definition) is 0. The summed E-state index contributed by atoms with van der Waals surface area (Å²) >= 11 is 0. The van der Waals surface area contributed by atoms with E-state index in [1.165, 1.54) is 0 Å². The lowest BCUT2D eigenvalue weighted by Crippen LogP contribution is -2.53. The molecule has 0 N–H and O–H groups in total. The van der Waals surface area contributed by atoms with Crippen molar-refractivity contribution in [2.45, 2.75) is 51.7 Å². The largest absolute Gasteiger partial charge is 0.334 e. The summed E-state index contributed by atoms with van der Waals surface area (Å²) in [5.74, 6) is 0.0736. The van der Waals surface area contributed by atoms with E-state index in [0.29, 0.717) is 6.54 Å². The Labute approximate surface area is 166 Å². The van der Waals surface area contributed by atoms with Crippen LogP contribution in [0, 0.1) is 5.92 Å². The van der Waals surface area contributed by atoms with Crippen LogP contribution in [0.2, 0.25) is 0 Å². The van der Waals surface area contributed by atoms with Crippen molar-refractivity contribution in [1.29, 1.82) is 0 Å². The third-order valence-electron chi connectivity index (χ3n) is 5.92. The molecule has 2 amide bonds. The lowest BCUT2D eigenvalue weighted by molar-refractivity contribution is -0.141. The fourth-order valence-corrected chi connectivity index (χ4v) is 4.56. The van der Waals surface area contributed by atoms with Crippen LogP contribution in [0.5, 0.6) is 0 Å². The van der Waals surface area contributed by atoms with Gasteiger partial charge in [0.1, 0.15) is 6.04 Å². The lowest BCUT2D eigenvalue weighted by atomic mass is 9.93. The van der Waals surface area contributed by atoms with E-state index in [2.05, 4.69) is 4.98 Å². The molecule has 2 atom stereocenters. The highest BCUT2D eigenvalue weighted by molar-refractivity contribution is 6.01. The second kappa shape index (κ2) is 7.74. The van der Waals surface area contributed by atoms with Gasteiger partial charge in [0.25, 0.3) is 5.91 Å². The second-order valence-electron chi connectivity index (χ2n) is 8.11. The van der Waals surface area contributed by atoms with E-state index in [1.54, 1.807) is 11.1 Å². The molecular weight excluding hydrogens is 350 g/mol. The number of rotatable bonds is 4. The van der Waals surface area contributed by atoms with Crippen LogP contribution in [0.1, 0.15) is 60.6 Å². The molecule has 0 unspecified atom stereocenters. The summed E-state index contributed by atoms with van der Waals surface area (Å²) in [6, 6.07) is 11.2. The Morgan fingerprint density at radius 2 is 1.96 bits per heavy atom. The molecule has 3 heterocycles. The summed E-state index contributed by atoms with van der Waals surface area (Å²) in [5.41, 5.74) is 2.81. The maximum Gasteiger partial charge on any atom is 0.255 e. The number of fused-ring (bicyclic) bond motifs is 1. The first-order chi connectivity index (χ1) is 13.6. The zero-order chi connectivity index (χ0) is 19.7. The van der Waals surface area contributed by atoms with Crippen molar-refractivity contribution in [1.82, 2.24) is 14.8 Å². The maximum atomic E-state index is 13.7. The van der Waals surface area contributed by atoms with Gasteiger partial charge in [-0.1, -0.05) is 38.1 Å². The third-order valence-corrected chi connectivity index (χ3v) is 5.92. The van der Waals surface area contributed by atoms with Gasteiger partial charge in [0.2, 0.25) is 5.91 Å². The molecule has 1 aromatic carbocycles. The molecule has 5 heteroatoms. The monoisotopic (exact) mass is 377 g/mol. The van der Waals surface area contributed by atoms with Gasteiger partial charge < -0.3 is 9.80 Å². The van der Waals surface area contributed by atoms with Gasteiger partial charge >= 0.3 is 0 Å². The minimum Gasteiger partial charge on any atom is -0.334 e. The Kier molecular flexibility index (Phi) is 5.16. The van der Waals surface area contributed by atoms with Crippen LogP contribution in [0.25, 0.3) is 0 Å². The number of amides is 2. The van der Waals surface area contributed by atoms with Crippen molar-refractivity contribution >= 4 is 11.8 Å². The van der Waals surface area contributed by atoms with Gasteiger partial charge in [0, 0.05) is 31.0 Å². The molecule has 0 radical (unpaired) electrons. The summed E-state index contributed by atoms with van der Waals surface area (Å²) in [5, 5.41) is 0. The Morgan fingerprint density at radius 1 is 1.14 bits per heavy atom. The summed E-state index contributed by atoms with van der Waals surface area (Å²) in [6.07, 6.45) is 6.66. The predicted molar refractivity (Wildman–Crippen MR) is 107 cm³/mol. The molecule has 146 valence electrons. The molecule has 5 nitrogen and oxygen atoms in total. The van der Waals surface area contributed by atoms with Crippen LogP contribution >= 0.6 is 0 Å². The minimum atomic E-state index is -0.447. The maximum absolute atomic E-state index is 13.7. The molecule has 4 rings (SSSR count). The number of carbonyl (C=O) groups is 2. The van der Waals surface area contributed by atoms with E-state index in [9.17, 15) is 9.59 Å². The molecule has 2 aliphatic rings. The van der Waals surface area contributed by atoms with E-state index in [1.807, 2.05) is 61.3 Å². The van der Waals surface area contributed by atoms with Crippen LogP contribution in [0.15, 0.2) is 48.8 Å². The van der Waals surface area contributed by atoms with Gasteiger partial charge in [0.15, 0.2) is 0 Å². The summed E-state index contributed by atoms with van der Waals surface area (Å²) in [7, 11) is 0. The first-order valence-electron chi connectivity index (χ1n) is 10.2. The molecule has 1 fully saturated rings. The summed E-state index contributed by atoms with van der Waals surface area (Å²) < 4.78 is 0. The van der Waals surface area contributed by atoms with Crippen molar-refractivity contribution in [2.75, 3.05) is 6.54 Å². The normalized spacial score (nSPS) is 20.4. The van der Waals surface area contributed by atoms with E-state index in [-0.39, 0.29) is 23.8 Å². The summed E-state index contributed by atoms with van der Waals surface area (Å²) in [4.78, 5) is 34.8. The molecule has 1 aromatic heterocycles. The number of pyridine rings is 1. The highest BCUT2D eigenvalue weighted by Gasteiger charge is 2.41. The first-order valence-corrected chi connectivity index (χ1v) is 10.2. The predicted octanol–water partition coefficient (Wildman–Crippen LogP) is 3.82. The van der Waals surface area contributed by atoms with E-state index >= 15 is 0 Å². The molecule has 0 saturated carbocycles. The van der Waals surface area contributed by atoms with Crippen LogP contribution in [-0.2, 0) is 11.3 Å². The molecule has 0 spiro atoms. The average Bonchev–Trinajstić information content (AvgIpc) is 3.05. The van der Waals surface area contributed by atoms with Gasteiger partial charge in [0.05, 0.1) is 6.04 Å². The van der Waals surface area contributed by atoms with Crippen molar-refractivity contribution in [3.05, 3.63) is 65.5 Å². The van der Waals surface area contributed by atoms with Gasteiger partial charge in [-0.05, 0) is 48.4 Å². The van der Waals surface area contributed by atoms with E-state index in [0.717, 1.165) is 42.5 Å². The minimum absolute atomic E-state index is 0.0300. The van der Waals surface area contributed by atoms with E-state index in [4.69, 9.17) is 0 Å². The third kappa shape index (κ3) is 3.30. The number of hydrogen-bond acceptors (Lipinski definition) is 3. The zero-order valence-electron chi connectivity index (χ0n) is 16.5. The first kappa shape index (κ1) is 18.7. The molecule has 28 heavy (non-hydrogen) atoms. The van der Waals surface area contributed by atoms with Crippen molar-refractivity contribution in [3.63, 3.8) is 0 Å². The van der Waals surface area contributed by atoms with E-state index < -0.39 is 6.04 Å². The molecule has 0 bridgehead atoms. The van der Waals surface area contributed by atoms with Gasteiger partial charge in [-0.15, -0.1) is 0 Å². The lowest BCUT2D eigenvalue weighted by Gasteiger charge is -2.41. The summed E-state index contributed by atoms with van der Waals surface area (Å²) in [6.45, 7) is 5.30. The average molecular weight is 377 g/mol. The Balaban J connectivity index is 1.63. The molecule has 1 saturated heterocycles. The molecule has 0 aliphatic carbocycles. The standard InChI is InChI=1S/C23H27N3O2/c1-16(2)21(26-15-18-8-3-4-10-19(18)22(26)27)23(28)25-13-6-5-11-20(25)17-9-7-12-24-14-17/h3-4,7-10,12,14,16,20-21H,5-6,11,13,15H2,1-2H3/t20-,21+/m1/s1. The highest BCUT2D eigenvalue weighted by atomic mass is 16.2. The highest BCUT2D eigenvalue weighted by Crippen LogP contribution is 2.34. The van der Waals surface area contributed by atoms with Crippen LogP contribution in [-0.4, -0.2) is 39.2 Å². The second-order valence-corrected chi connectivity index (χ2v) is 8.11.